The Morgan fingerprint density at radius 3 is 2.52 bits per heavy atom. The zero-order chi connectivity index (χ0) is 18.1. The van der Waals surface area contributed by atoms with Crippen LogP contribution in [0.3, 0.4) is 0 Å². The SMILES string of the molecule is CCCC[C@H](CC)CNC(=O)C1CCN(Cc2ccc(Cl)cc2)CC1. The maximum absolute atomic E-state index is 12.5. The van der Waals surface area contributed by atoms with Crippen LogP contribution in [-0.2, 0) is 11.3 Å². The standard InChI is InChI=1S/C21H33ClN2O/c1-3-5-6-17(4-2)15-23-21(25)19-11-13-24(14-12-19)16-18-7-9-20(22)10-8-18/h7-10,17,19H,3-6,11-16H2,1-2H3,(H,23,25)/t17-/m0/s1. The Balaban J connectivity index is 1.69. The Labute approximate surface area is 158 Å². The van der Waals surface area contributed by atoms with Crippen molar-refractivity contribution in [2.24, 2.45) is 11.8 Å². The first-order valence-electron chi connectivity index (χ1n) is 9.86. The van der Waals surface area contributed by atoms with Crippen LogP contribution in [0.15, 0.2) is 24.3 Å². The highest BCUT2D eigenvalue weighted by molar-refractivity contribution is 6.30. The number of hydrogen-bond acceptors (Lipinski definition) is 2. The number of benzene rings is 1. The van der Waals surface area contributed by atoms with E-state index in [9.17, 15) is 4.79 Å². The average Bonchev–Trinajstić information content (AvgIpc) is 2.64. The molecule has 1 fully saturated rings. The smallest absolute Gasteiger partial charge is 0.223 e. The summed E-state index contributed by atoms with van der Waals surface area (Å²) in [5.41, 5.74) is 1.29. The molecule has 4 heteroatoms. The van der Waals surface area contributed by atoms with Crippen molar-refractivity contribution in [3.63, 3.8) is 0 Å². The quantitative estimate of drug-likeness (QED) is 0.676. The second-order valence-electron chi connectivity index (χ2n) is 7.34. The van der Waals surface area contributed by atoms with Gasteiger partial charge in [-0.15, -0.1) is 0 Å². The van der Waals surface area contributed by atoms with Gasteiger partial charge in [0.05, 0.1) is 0 Å². The van der Waals surface area contributed by atoms with E-state index in [1.54, 1.807) is 0 Å². The third-order valence-electron chi connectivity index (χ3n) is 5.39. The van der Waals surface area contributed by atoms with Crippen molar-refractivity contribution in [3.05, 3.63) is 34.9 Å². The molecule has 1 amide bonds. The van der Waals surface area contributed by atoms with Crippen molar-refractivity contribution in [1.82, 2.24) is 10.2 Å². The average molecular weight is 365 g/mol. The Hall–Kier alpha value is -1.06. The highest BCUT2D eigenvalue weighted by Gasteiger charge is 2.25. The molecule has 0 unspecified atom stereocenters. The van der Waals surface area contributed by atoms with E-state index >= 15 is 0 Å². The summed E-state index contributed by atoms with van der Waals surface area (Å²) in [5.74, 6) is 1.08. The molecule has 0 aliphatic carbocycles. The number of unbranched alkanes of at least 4 members (excludes halogenated alkanes) is 1. The predicted molar refractivity (Wildman–Crippen MR) is 106 cm³/mol. The van der Waals surface area contributed by atoms with E-state index in [1.165, 1.54) is 24.8 Å². The summed E-state index contributed by atoms with van der Waals surface area (Å²) in [6.45, 7) is 8.23. The first-order valence-corrected chi connectivity index (χ1v) is 10.2. The van der Waals surface area contributed by atoms with Crippen molar-refractivity contribution >= 4 is 17.5 Å². The van der Waals surface area contributed by atoms with Gasteiger partial charge in [-0.2, -0.15) is 0 Å². The van der Waals surface area contributed by atoms with Crippen molar-refractivity contribution < 1.29 is 4.79 Å². The lowest BCUT2D eigenvalue weighted by atomic mass is 9.94. The fourth-order valence-electron chi connectivity index (χ4n) is 3.53. The molecule has 1 aliphatic rings. The largest absolute Gasteiger partial charge is 0.356 e. The van der Waals surface area contributed by atoms with Gasteiger partial charge in [0.25, 0.3) is 0 Å². The summed E-state index contributed by atoms with van der Waals surface area (Å²) in [4.78, 5) is 14.9. The van der Waals surface area contributed by atoms with Crippen molar-refractivity contribution in [2.75, 3.05) is 19.6 Å². The highest BCUT2D eigenvalue weighted by atomic mass is 35.5. The normalized spacial score (nSPS) is 17.4. The number of carbonyl (C=O) groups excluding carboxylic acids is 1. The number of nitrogens with zero attached hydrogens (tertiary/aromatic N) is 1. The predicted octanol–water partition coefficient (Wildman–Crippen LogP) is 4.88. The summed E-state index contributed by atoms with van der Waals surface area (Å²) in [6.07, 6.45) is 6.80. The third-order valence-corrected chi connectivity index (χ3v) is 5.64. The van der Waals surface area contributed by atoms with Gasteiger partial charge in [-0.25, -0.2) is 0 Å². The van der Waals surface area contributed by atoms with Crippen LogP contribution in [-0.4, -0.2) is 30.4 Å². The molecule has 2 rings (SSSR count). The van der Waals surface area contributed by atoms with Crippen LogP contribution in [0.5, 0.6) is 0 Å². The van der Waals surface area contributed by atoms with Gasteiger partial charge in [0.2, 0.25) is 5.91 Å². The first kappa shape index (κ1) is 20.3. The van der Waals surface area contributed by atoms with Gasteiger partial charge in [0.1, 0.15) is 0 Å². The Morgan fingerprint density at radius 1 is 1.24 bits per heavy atom. The Kier molecular flexibility index (Phi) is 8.77. The molecule has 1 heterocycles. The topological polar surface area (TPSA) is 32.3 Å². The van der Waals surface area contributed by atoms with E-state index in [1.807, 2.05) is 12.1 Å². The molecular formula is C21H33ClN2O. The van der Waals surface area contributed by atoms with Crippen molar-refractivity contribution in [2.45, 2.75) is 58.9 Å². The highest BCUT2D eigenvalue weighted by Crippen LogP contribution is 2.20. The van der Waals surface area contributed by atoms with Gasteiger partial charge in [-0.05, 0) is 56.0 Å². The number of amides is 1. The minimum atomic E-state index is 0.185. The van der Waals surface area contributed by atoms with Gasteiger partial charge in [-0.3, -0.25) is 9.69 Å². The fraction of sp³-hybridized carbons (Fsp3) is 0.667. The number of rotatable bonds is 9. The molecule has 1 saturated heterocycles. The molecule has 0 aromatic heterocycles. The molecule has 1 aromatic carbocycles. The van der Waals surface area contributed by atoms with E-state index in [2.05, 4.69) is 36.2 Å². The molecule has 25 heavy (non-hydrogen) atoms. The Bertz CT molecular complexity index is 509. The van der Waals surface area contributed by atoms with Crippen LogP contribution in [0.1, 0.15) is 57.9 Å². The molecule has 1 atom stereocenters. The summed E-state index contributed by atoms with van der Waals surface area (Å²) in [6, 6.07) is 8.06. The molecule has 0 saturated carbocycles. The lowest BCUT2D eigenvalue weighted by Crippen LogP contribution is -2.41. The van der Waals surface area contributed by atoms with E-state index in [0.717, 1.165) is 50.5 Å². The lowest BCUT2D eigenvalue weighted by Gasteiger charge is -2.31. The second kappa shape index (κ2) is 10.8. The molecule has 1 N–H and O–H groups in total. The summed E-state index contributed by atoms with van der Waals surface area (Å²) in [7, 11) is 0. The number of nitrogens with one attached hydrogen (secondary N) is 1. The van der Waals surface area contributed by atoms with Gasteiger partial charge < -0.3 is 5.32 Å². The maximum atomic E-state index is 12.5. The minimum Gasteiger partial charge on any atom is -0.356 e. The molecule has 0 bridgehead atoms. The minimum absolute atomic E-state index is 0.185. The van der Waals surface area contributed by atoms with Gasteiger partial charge >= 0.3 is 0 Å². The zero-order valence-corrected chi connectivity index (χ0v) is 16.5. The summed E-state index contributed by atoms with van der Waals surface area (Å²) >= 11 is 5.94. The van der Waals surface area contributed by atoms with E-state index in [0.29, 0.717) is 5.92 Å². The molecule has 3 nitrogen and oxygen atoms in total. The number of hydrogen-bond donors (Lipinski definition) is 1. The van der Waals surface area contributed by atoms with Gasteiger partial charge in [-0.1, -0.05) is 56.8 Å². The maximum Gasteiger partial charge on any atom is 0.223 e. The number of piperidine rings is 1. The van der Waals surface area contributed by atoms with E-state index in [-0.39, 0.29) is 11.8 Å². The molecule has 1 aliphatic heterocycles. The number of carbonyl (C=O) groups is 1. The first-order chi connectivity index (χ1) is 12.1. The van der Waals surface area contributed by atoms with Gasteiger partial charge in [0.15, 0.2) is 0 Å². The molecule has 0 radical (unpaired) electrons. The van der Waals surface area contributed by atoms with Crippen LogP contribution in [0.25, 0.3) is 0 Å². The van der Waals surface area contributed by atoms with E-state index in [4.69, 9.17) is 11.6 Å². The summed E-state index contributed by atoms with van der Waals surface area (Å²) in [5, 5.41) is 3.99. The van der Waals surface area contributed by atoms with Crippen LogP contribution >= 0.6 is 11.6 Å². The van der Waals surface area contributed by atoms with Crippen molar-refractivity contribution in [1.29, 1.82) is 0 Å². The zero-order valence-electron chi connectivity index (χ0n) is 15.8. The molecule has 140 valence electrons. The van der Waals surface area contributed by atoms with E-state index < -0.39 is 0 Å². The van der Waals surface area contributed by atoms with Crippen molar-refractivity contribution in [3.8, 4) is 0 Å². The summed E-state index contributed by atoms with van der Waals surface area (Å²) < 4.78 is 0. The third kappa shape index (κ3) is 6.99. The van der Waals surface area contributed by atoms with Crippen LogP contribution in [0.2, 0.25) is 5.02 Å². The second-order valence-corrected chi connectivity index (χ2v) is 7.77. The number of halogens is 1. The number of likely N-dealkylation sites (tertiary alicyclic amines) is 1. The van der Waals surface area contributed by atoms with Crippen LogP contribution < -0.4 is 5.32 Å². The lowest BCUT2D eigenvalue weighted by molar-refractivity contribution is -0.126. The van der Waals surface area contributed by atoms with Crippen LogP contribution in [0.4, 0.5) is 0 Å². The van der Waals surface area contributed by atoms with Gasteiger partial charge in [0, 0.05) is 24.0 Å². The molecule has 0 spiro atoms. The molecular weight excluding hydrogens is 332 g/mol. The molecule has 1 aromatic rings. The Morgan fingerprint density at radius 2 is 1.92 bits per heavy atom. The fourth-order valence-corrected chi connectivity index (χ4v) is 3.66. The van der Waals surface area contributed by atoms with Crippen LogP contribution in [0, 0.1) is 11.8 Å². The monoisotopic (exact) mass is 364 g/mol.